The van der Waals surface area contributed by atoms with Crippen molar-refractivity contribution in [2.24, 2.45) is 0 Å². The molecule has 0 aliphatic heterocycles. The first-order chi connectivity index (χ1) is 7.75. The summed E-state index contributed by atoms with van der Waals surface area (Å²) in [5, 5.41) is 11.2. The van der Waals surface area contributed by atoms with Crippen LogP contribution in [0.4, 0.5) is 0 Å². The maximum Gasteiger partial charge on any atom is 0.314 e. The zero-order valence-corrected chi connectivity index (χ0v) is 9.47. The highest BCUT2D eigenvalue weighted by Crippen LogP contribution is 2.16. The van der Waals surface area contributed by atoms with Crippen molar-refractivity contribution in [3.63, 3.8) is 0 Å². The van der Waals surface area contributed by atoms with Crippen molar-refractivity contribution in [1.29, 1.82) is 0 Å². The summed E-state index contributed by atoms with van der Waals surface area (Å²) < 4.78 is 0. The van der Waals surface area contributed by atoms with E-state index < -0.39 is 5.97 Å². The number of aromatic nitrogens is 2. The fourth-order valence-corrected chi connectivity index (χ4v) is 2.30. The Balaban J connectivity index is 1.92. The lowest BCUT2D eigenvalue weighted by Crippen LogP contribution is -2.21. The standard InChI is InChI=1S/C11H12N2O2S/c14-10(15)6-3-7-16-11-12-8-4-1-2-5-9(8)13-11/h1-2,4-5H,3,6-7H2,(H,12,13)(H,14,15). The number of rotatable bonds is 5. The quantitative estimate of drug-likeness (QED) is 0.610. The molecule has 0 amide bonds. The fraction of sp³-hybridized carbons (Fsp3) is 0.273. The van der Waals surface area contributed by atoms with Crippen LogP contribution in [0, 0.1) is 0 Å². The second-order valence-corrected chi connectivity index (χ2v) is 4.55. The topological polar surface area (TPSA) is 70.1 Å². The highest BCUT2D eigenvalue weighted by Gasteiger charge is 2.08. The second kappa shape index (κ2) is 5.03. The minimum atomic E-state index is -0.985. The molecule has 2 N–H and O–H groups in total. The molecule has 2 rings (SSSR count). The molecule has 1 aromatic heterocycles. The van der Waals surface area contributed by atoms with Gasteiger partial charge in [-0.1, -0.05) is 12.1 Å². The van der Waals surface area contributed by atoms with E-state index >= 15 is 0 Å². The number of imidazole rings is 1. The van der Waals surface area contributed by atoms with Crippen LogP contribution in [0.2, 0.25) is 0 Å². The maximum atomic E-state index is 10.2. The first-order valence-corrected chi connectivity index (χ1v) is 6.07. The van der Waals surface area contributed by atoms with E-state index in [4.69, 9.17) is 0 Å². The molecule has 0 spiro atoms. The molecule has 0 aliphatic rings. The van der Waals surface area contributed by atoms with Gasteiger partial charge in [0.1, 0.15) is 0 Å². The summed E-state index contributed by atoms with van der Waals surface area (Å²) in [6.07, 6.45) is 0.740. The number of nitrogens with one attached hydrogen (secondary N) is 2. The molecule has 0 saturated carbocycles. The van der Waals surface area contributed by atoms with Gasteiger partial charge in [0.15, 0.2) is 11.0 Å². The third-order valence-electron chi connectivity index (χ3n) is 2.20. The number of hydrogen-bond acceptors (Lipinski definition) is 3. The van der Waals surface area contributed by atoms with E-state index in [1.807, 2.05) is 24.3 Å². The molecule has 0 radical (unpaired) electrons. The van der Waals surface area contributed by atoms with Crippen molar-refractivity contribution >= 4 is 28.8 Å². The molecule has 0 bridgehead atoms. The third-order valence-corrected chi connectivity index (χ3v) is 3.18. The Kier molecular flexibility index (Phi) is 3.46. The zero-order chi connectivity index (χ0) is 11.4. The van der Waals surface area contributed by atoms with Crippen molar-refractivity contribution < 1.29 is 14.9 Å². The number of aliphatic carboxylic acids is 1. The van der Waals surface area contributed by atoms with Crippen LogP contribution >= 0.6 is 11.8 Å². The number of carboxylic acid groups (broad SMARTS) is 1. The van der Waals surface area contributed by atoms with Crippen LogP contribution in [-0.4, -0.2) is 16.7 Å². The van der Waals surface area contributed by atoms with Crippen LogP contribution in [0.15, 0.2) is 29.4 Å². The van der Waals surface area contributed by atoms with Crippen LogP contribution in [0.1, 0.15) is 12.8 Å². The van der Waals surface area contributed by atoms with E-state index in [-0.39, 0.29) is 6.42 Å². The Morgan fingerprint density at radius 3 is 3.00 bits per heavy atom. The Labute approximate surface area is 97.1 Å². The Morgan fingerprint density at radius 1 is 1.44 bits per heavy atom. The van der Waals surface area contributed by atoms with Gasteiger partial charge in [0.25, 0.3) is 0 Å². The van der Waals surface area contributed by atoms with Gasteiger partial charge in [0, 0.05) is 11.7 Å². The number of H-pyrrole nitrogens is 2. The van der Waals surface area contributed by atoms with Crippen molar-refractivity contribution in [3.05, 3.63) is 24.3 Å². The number of aromatic amines is 2. The highest BCUT2D eigenvalue weighted by atomic mass is 32.2. The fourth-order valence-electron chi connectivity index (χ4n) is 1.44. The summed E-state index contributed by atoms with van der Waals surface area (Å²) >= 11 is 1.59. The molecule has 0 atom stereocenters. The molecule has 16 heavy (non-hydrogen) atoms. The molecule has 4 nitrogen and oxygen atoms in total. The molecular weight excluding hydrogens is 224 g/mol. The molecule has 1 aromatic carbocycles. The van der Waals surface area contributed by atoms with E-state index in [1.54, 1.807) is 11.8 Å². The van der Waals surface area contributed by atoms with Crippen LogP contribution in [0.3, 0.4) is 0 Å². The Bertz CT molecular complexity index is 462. The van der Waals surface area contributed by atoms with Gasteiger partial charge in [0.05, 0.1) is 0 Å². The molecule has 84 valence electrons. The molecule has 0 fully saturated rings. The highest BCUT2D eigenvalue weighted by molar-refractivity contribution is 7.99. The smallest absolute Gasteiger partial charge is 0.314 e. The summed E-state index contributed by atoms with van der Waals surface area (Å²) in [6.45, 7) is 0. The average Bonchev–Trinajstić information content (AvgIpc) is 2.66. The van der Waals surface area contributed by atoms with Crippen LogP contribution in [0.5, 0.6) is 0 Å². The molecule has 0 unspecified atom stereocenters. The minimum Gasteiger partial charge on any atom is -0.550 e. The molecular formula is C11H12N2O2S. The number of fused-ring (bicyclic) bond motifs is 1. The number of thioether (sulfide) groups is 1. The predicted molar refractivity (Wildman–Crippen MR) is 59.8 cm³/mol. The average molecular weight is 236 g/mol. The van der Waals surface area contributed by atoms with Gasteiger partial charge in [-0.15, -0.1) is 0 Å². The van der Waals surface area contributed by atoms with Gasteiger partial charge in [-0.05, 0) is 36.7 Å². The summed E-state index contributed by atoms with van der Waals surface area (Å²) in [7, 11) is 0. The Hall–Kier alpha value is -1.49. The van der Waals surface area contributed by atoms with Crippen molar-refractivity contribution in [1.82, 2.24) is 4.98 Å². The molecule has 1 heterocycles. The summed E-state index contributed by atoms with van der Waals surface area (Å²) in [5.41, 5.74) is 2.12. The summed E-state index contributed by atoms with van der Waals surface area (Å²) in [4.78, 5) is 16.7. The summed E-state index contributed by atoms with van der Waals surface area (Å²) in [5.74, 6) is -0.224. The predicted octanol–water partition coefficient (Wildman–Crippen LogP) is 0.604. The number of hydrogen-bond donors (Lipinski definition) is 1. The zero-order valence-electron chi connectivity index (χ0n) is 8.66. The largest absolute Gasteiger partial charge is 0.550 e. The second-order valence-electron chi connectivity index (χ2n) is 3.45. The normalized spacial score (nSPS) is 10.8. The Morgan fingerprint density at radius 2 is 2.25 bits per heavy atom. The molecule has 2 aromatic rings. The van der Waals surface area contributed by atoms with E-state index in [0.29, 0.717) is 6.42 Å². The van der Waals surface area contributed by atoms with Crippen molar-refractivity contribution in [3.8, 4) is 0 Å². The van der Waals surface area contributed by atoms with Crippen molar-refractivity contribution in [2.75, 3.05) is 5.75 Å². The van der Waals surface area contributed by atoms with E-state index in [2.05, 4.69) is 9.97 Å². The first-order valence-electron chi connectivity index (χ1n) is 5.08. The maximum absolute atomic E-state index is 10.2. The van der Waals surface area contributed by atoms with Crippen molar-refractivity contribution in [2.45, 2.75) is 18.0 Å². The number of carboxylic acids is 1. The number of carbonyl (C=O) groups is 1. The van der Waals surface area contributed by atoms with Gasteiger partial charge < -0.3 is 9.90 Å². The number of carbonyl (C=O) groups excluding carboxylic acids is 1. The van der Waals surface area contributed by atoms with Gasteiger partial charge in [-0.25, -0.2) is 9.97 Å². The van der Waals surface area contributed by atoms with E-state index in [9.17, 15) is 9.90 Å². The van der Waals surface area contributed by atoms with E-state index in [0.717, 1.165) is 21.9 Å². The molecule has 5 heteroatoms. The first kappa shape index (κ1) is 11.0. The SMILES string of the molecule is O=C([O-])CCCSc1[nH]c2ccccc2[nH+]1. The van der Waals surface area contributed by atoms with Crippen LogP contribution in [-0.2, 0) is 4.79 Å². The third kappa shape index (κ3) is 2.76. The molecule has 0 aliphatic carbocycles. The number of benzene rings is 1. The lowest BCUT2D eigenvalue weighted by atomic mass is 10.3. The van der Waals surface area contributed by atoms with Crippen LogP contribution < -0.4 is 10.1 Å². The summed E-state index contributed by atoms with van der Waals surface area (Å²) in [6, 6.07) is 7.93. The molecule has 0 saturated heterocycles. The van der Waals surface area contributed by atoms with Gasteiger partial charge >= 0.3 is 5.16 Å². The lowest BCUT2D eigenvalue weighted by molar-refractivity contribution is -0.396. The van der Waals surface area contributed by atoms with Gasteiger partial charge in [-0.3, -0.25) is 0 Å². The lowest BCUT2D eigenvalue weighted by Gasteiger charge is -1.98. The van der Waals surface area contributed by atoms with Gasteiger partial charge in [0.2, 0.25) is 0 Å². The number of para-hydroxylation sites is 2. The minimum absolute atomic E-state index is 0.118. The van der Waals surface area contributed by atoms with Gasteiger partial charge in [-0.2, -0.15) is 0 Å². The monoisotopic (exact) mass is 236 g/mol. The van der Waals surface area contributed by atoms with Crippen LogP contribution in [0.25, 0.3) is 11.0 Å². The van der Waals surface area contributed by atoms with E-state index in [1.165, 1.54) is 0 Å².